The SMILES string of the molecule is CC1=C(C(=O)OCCc2ccccc2)C(c2cccc(Cl)c2Cl)C2=C(CCCC2=O)N1. The molecule has 1 aliphatic carbocycles. The molecule has 4 rings (SSSR count). The van der Waals surface area contributed by atoms with Crippen molar-refractivity contribution < 1.29 is 14.3 Å². The number of hydrogen-bond acceptors (Lipinski definition) is 4. The Hall–Kier alpha value is -2.56. The van der Waals surface area contributed by atoms with Crippen molar-refractivity contribution in [2.45, 2.75) is 38.5 Å². The Labute approximate surface area is 191 Å². The second-order valence-electron chi connectivity index (χ2n) is 7.78. The zero-order chi connectivity index (χ0) is 22.0. The zero-order valence-corrected chi connectivity index (χ0v) is 18.7. The lowest BCUT2D eigenvalue weighted by molar-refractivity contribution is -0.139. The van der Waals surface area contributed by atoms with Gasteiger partial charge in [-0.25, -0.2) is 4.79 Å². The Morgan fingerprint density at radius 2 is 1.87 bits per heavy atom. The topological polar surface area (TPSA) is 55.4 Å². The van der Waals surface area contributed by atoms with Crippen molar-refractivity contribution >= 4 is 35.0 Å². The van der Waals surface area contributed by atoms with Crippen LogP contribution in [-0.2, 0) is 20.7 Å². The number of rotatable bonds is 5. The molecule has 160 valence electrons. The van der Waals surface area contributed by atoms with E-state index in [9.17, 15) is 9.59 Å². The highest BCUT2D eigenvalue weighted by Crippen LogP contribution is 2.45. The predicted octanol–water partition coefficient (Wildman–Crippen LogP) is 5.75. The van der Waals surface area contributed by atoms with Gasteiger partial charge in [0.1, 0.15) is 0 Å². The van der Waals surface area contributed by atoms with Crippen LogP contribution in [-0.4, -0.2) is 18.4 Å². The van der Waals surface area contributed by atoms with Crippen molar-refractivity contribution in [3.8, 4) is 0 Å². The number of allylic oxidation sites excluding steroid dienone is 3. The minimum atomic E-state index is -0.598. The van der Waals surface area contributed by atoms with E-state index in [1.54, 1.807) is 12.1 Å². The van der Waals surface area contributed by atoms with Gasteiger partial charge in [0.2, 0.25) is 0 Å². The number of esters is 1. The van der Waals surface area contributed by atoms with E-state index in [2.05, 4.69) is 5.32 Å². The quantitative estimate of drug-likeness (QED) is 0.583. The summed E-state index contributed by atoms with van der Waals surface area (Å²) in [6, 6.07) is 15.1. The second kappa shape index (κ2) is 9.29. The van der Waals surface area contributed by atoms with Gasteiger partial charge < -0.3 is 10.1 Å². The first-order chi connectivity index (χ1) is 15.0. The van der Waals surface area contributed by atoms with Gasteiger partial charge in [0, 0.05) is 35.7 Å². The molecule has 0 radical (unpaired) electrons. The van der Waals surface area contributed by atoms with Gasteiger partial charge in [0.15, 0.2) is 5.78 Å². The third-order valence-corrected chi connectivity index (χ3v) is 6.59. The third kappa shape index (κ3) is 4.41. The van der Waals surface area contributed by atoms with Crippen LogP contribution in [0.25, 0.3) is 0 Å². The molecule has 1 aliphatic heterocycles. The van der Waals surface area contributed by atoms with Crippen LogP contribution in [0.2, 0.25) is 10.0 Å². The molecule has 6 heteroatoms. The van der Waals surface area contributed by atoms with Crippen LogP contribution in [0.15, 0.2) is 71.1 Å². The average Bonchev–Trinajstić information content (AvgIpc) is 2.75. The summed E-state index contributed by atoms with van der Waals surface area (Å²) in [4.78, 5) is 26.2. The number of Topliss-reactive ketones (excluding diaryl/α,β-unsaturated/α-hetero) is 1. The van der Waals surface area contributed by atoms with Gasteiger partial charge >= 0.3 is 5.97 Å². The number of carbonyl (C=O) groups is 2. The number of carbonyl (C=O) groups excluding carboxylic acids is 2. The predicted molar refractivity (Wildman–Crippen MR) is 122 cm³/mol. The Balaban J connectivity index is 1.68. The van der Waals surface area contributed by atoms with Gasteiger partial charge in [-0.2, -0.15) is 0 Å². The summed E-state index contributed by atoms with van der Waals surface area (Å²) < 4.78 is 5.65. The Kier molecular flexibility index (Phi) is 6.49. The molecule has 31 heavy (non-hydrogen) atoms. The number of nitrogens with one attached hydrogen (secondary N) is 1. The van der Waals surface area contributed by atoms with Crippen molar-refractivity contribution in [1.29, 1.82) is 0 Å². The molecule has 1 heterocycles. The zero-order valence-electron chi connectivity index (χ0n) is 17.2. The van der Waals surface area contributed by atoms with Gasteiger partial charge in [0.05, 0.1) is 22.2 Å². The molecule has 0 saturated carbocycles. The molecule has 2 aromatic carbocycles. The summed E-state index contributed by atoms with van der Waals surface area (Å²) >= 11 is 12.8. The Morgan fingerprint density at radius 1 is 1.10 bits per heavy atom. The number of ether oxygens (including phenoxy) is 1. The van der Waals surface area contributed by atoms with Crippen LogP contribution in [0.3, 0.4) is 0 Å². The first-order valence-electron chi connectivity index (χ1n) is 10.4. The lowest BCUT2D eigenvalue weighted by Gasteiger charge is -2.34. The molecule has 0 fully saturated rings. The fraction of sp³-hybridized carbons (Fsp3) is 0.280. The minimum absolute atomic E-state index is 0.0249. The van der Waals surface area contributed by atoms with Crippen LogP contribution in [0, 0.1) is 0 Å². The fourth-order valence-electron chi connectivity index (χ4n) is 4.29. The van der Waals surface area contributed by atoms with Crippen LogP contribution < -0.4 is 5.32 Å². The molecular weight excluding hydrogens is 433 g/mol. The fourth-order valence-corrected chi connectivity index (χ4v) is 4.71. The van der Waals surface area contributed by atoms with Crippen LogP contribution >= 0.6 is 23.2 Å². The largest absolute Gasteiger partial charge is 0.462 e. The second-order valence-corrected chi connectivity index (χ2v) is 8.57. The van der Waals surface area contributed by atoms with E-state index in [4.69, 9.17) is 27.9 Å². The highest BCUT2D eigenvalue weighted by atomic mass is 35.5. The van der Waals surface area contributed by atoms with Gasteiger partial charge in [0.25, 0.3) is 0 Å². The van der Waals surface area contributed by atoms with Crippen molar-refractivity contribution in [1.82, 2.24) is 5.32 Å². The minimum Gasteiger partial charge on any atom is -0.462 e. The maximum atomic E-state index is 13.2. The van der Waals surface area contributed by atoms with E-state index in [1.165, 1.54) is 0 Å². The molecule has 1 unspecified atom stereocenters. The molecule has 2 aliphatic rings. The van der Waals surface area contributed by atoms with Gasteiger partial charge in [-0.05, 0) is 37.0 Å². The third-order valence-electron chi connectivity index (χ3n) is 5.75. The average molecular weight is 456 g/mol. The van der Waals surface area contributed by atoms with Crippen LogP contribution in [0.4, 0.5) is 0 Å². The standard InChI is InChI=1S/C25H23Cl2NO3/c1-15-21(25(30)31-14-13-16-7-3-2-4-8-16)22(17-9-5-10-18(26)24(17)27)23-19(28-15)11-6-12-20(23)29/h2-5,7-10,22,28H,6,11-14H2,1H3. The molecule has 1 N–H and O–H groups in total. The molecule has 0 bridgehead atoms. The van der Waals surface area contributed by atoms with Gasteiger partial charge in [-0.3, -0.25) is 4.79 Å². The molecule has 0 saturated heterocycles. The monoisotopic (exact) mass is 455 g/mol. The number of dihydropyridines is 1. The van der Waals surface area contributed by atoms with Crippen molar-refractivity contribution in [3.63, 3.8) is 0 Å². The highest BCUT2D eigenvalue weighted by molar-refractivity contribution is 6.42. The summed E-state index contributed by atoms with van der Waals surface area (Å²) in [5.74, 6) is -1.02. The number of hydrogen-bond donors (Lipinski definition) is 1. The first-order valence-corrected chi connectivity index (χ1v) is 11.1. The molecule has 0 aromatic heterocycles. The molecule has 1 atom stereocenters. The highest BCUT2D eigenvalue weighted by Gasteiger charge is 2.40. The lowest BCUT2D eigenvalue weighted by Crippen LogP contribution is -2.34. The molecule has 0 amide bonds. The van der Waals surface area contributed by atoms with Gasteiger partial charge in [-0.1, -0.05) is 65.7 Å². The normalized spacial score (nSPS) is 18.5. The maximum absolute atomic E-state index is 13.2. The van der Waals surface area contributed by atoms with Crippen LogP contribution in [0.1, 0.15) is 43.2 Å². The Morgan fingerprint density at radius 3 is 2.65 bits per heavy atom. The van der Waals surface area contributed by atoms with E-state index in [1.807, 2.05) is 43.3 Å². The first kappa shape index (κ1) is 21.7. The Bertz CT molecular complexity index is 1090. The number of ketones is 1. The van der Waals surface area contributed by atoms with Crippen molar-refractivity contribution in [3.05, 3.63) is 92.2 Å². The summed E-state index contributed by atoms with van der Waals surface area (Å²) in [5, 5.41) is 4.02. The van der Waals surface area contributed by atoms with E-state index in [0.717, 1.165) is 24.1 Å². The summed E-state index contributed by atoms with van der Waals surface area (Å²) in [6.07, 6.45) is 2.60. The maximum Gasteiger partial charge on any atom is 0.336 e. The van der Waals surface area contributed by atoms with E-state index in [0.29, 0.717) is 45.3 Å². The van der Waals surface area contributed by atoms with E-state index >= 15 is 0 Å². The molecule has 0 spiro atoms. The van der Waals surface area contributed by atoms with E-state index in [-0.39, 0.29) is 12.4 Å². The van der Waals surface area contributed by atoms with Gasteiger partial charge in [-0.15, -0.1) is 0 Å². The number of benzene rings is 2. The molecule has 2 aromatic rings. The summed E-state index contributed by atoms with van der Waals surface area (Å²) in [7, 11) is 0. The van der Waals surface area contributed by atoms with Crippen LogP contribution in [0.5, 0.6) is 0 Å². The number of halogens is 2. The lowest BCUT2D eigenvalue weighted by atomic mass is 9.75. The smallest absolute Gasteiger partial charge is 0.336 e. The molecular formula is C25H23Cl2NO3. The van der Waals surface area contributed by atoms with Crippen molar-refractivity contribution in [2.75, 3.05) is 6.61 Å². The van der Waals surface area contributed by atoms with Crippen molar-refractivity contribution in [2.24, 2.45) is 0 Å². The summed E-state index contributed by atoms with van der Waals surface area (Å²) in [6.45, 7) is 2.08. The molecule has 4 nitrogen and oxygen atoms in total. The summed E-state index contributed by atoms with van der Waals surface area (Å²) in [5.41, 5.74) is 4.27. The van der Waals surface area contributed by atoms with E-state index < -0.39 is 11.9 Å².